The molecular formula is C11H10Cl2N2S2. The van der Waals surface area contributed by atoms with Gasteiger partial charge in [0.2, 0.25) is 0 Å². The number of thiazole rings is 1. The van der Waals surface area contributed by atoms with Gasteiger partial charge < -0.3 is 5.73 Å². The van der Waals surface area contributed by atoms with E-state index in [2.05, 4.69) is 4.98 Å². The zero-order valence-electron chi connectivity index (χ0n) is 9.04. The molecule has 1 heterocycles. The molecule has 17 heavy (non-hydrogen) atoms. The van der Waals surface area contributed by atoms with Gasteiger partial charge in [-0.1, -0.05) is 40.6 Å². The van der Waals surface area contributed by atoms with Crippen LogP contribution in [-0.2, 0) is 5.75 Å². The highest BCUT2D eigenvalue weighted by molar-refractivity contribution is 8.00. The van der Waals surface area contributed by atoms with E-state index in [9.17, 15) is 0 Å². The van der Waals surface area contributed by atoms with Crippen LogP contribution in [0.3, 0.4) is 0 Å². The second kappa shape index (κ2) is 5.48. The normalized spacial score (nSPS) is 10.8. The van der Waals surface area contributed by atoms with Gasteiger partial charge in [0.05, 0.1) is 19.9 Å². The standard InChI is InChI=1S/C11H10Cl2N2S2/c1-6-10(17-11(14)15-6)16-5-7-2-3-8(12)9(13)4-7/h2-4H,5H2,1H3,(H2,14,15). The number of nitrogen functional groups attached to an aromatic ring is 1. The van der Waals surface area contributed by atoms with Gasteiger partial charge in [-0.25, -0.2) is 4.98 Å². The molecule has 0 aliphatic heterocycles. The first-order valence-corrected chi connectivity index (χ1v) is 7.41. The van der Waals surface area contributed by atoms with Crippen LogP contribution in [0, 0.1) is 6.92 Å². The highest BCUT2D eigenvalue weighted by Gasteiger charge is 2.07. The molecule has 6 heteroatoms. The van der Waals surface area contributed by atoms with E-state index >= 15 is 0 Å². The number of nitrogens with zero attached hydrogens (tertiary/aromatic N) is 1. The summed E-state index contributed by atoms with van der Waals surface area (Å²) in [5.41, 5.74) is 7.77. The molecule has 0 amide bonds. The van der Waals surface area contributed by atoms with Crippen LogP contribution in [0.4, 0.5) is 5.13 Å². The summed E-state index contributed by atoms with van der Waals surface area (Å²) in [7, 11) is 0. The van der Waals surface area contributed by atoms with Gasteiger partial charge in [-0.15, -0.1) is 11.8 Å². The predicted molar refractivity (Wildman–Crippen MR) is 77.3 cm³/mol. The first-order chi connectivity index (χ1) is 8.06. The highest BCUT2D eigenvalue weighted by atomic mass is 35.5. The Morgan fingerprint density at radius 3 is 2.71 bits per heavy atom. The third kappa shape index (κ3) is 3.28. The zero-order chi connectivity index (χ0) is 12.4. The van der Waals surface area contributed by atoms with Gasteiger partial charge in [-0.3, -0.25) is 0 Å². The van der Waals surface area contributed by atoms with Crippen LogP contribution >= 0.6 is 46.3 Å². The molecule has 2 aromatic rings. The zero-order valence-corrected chi connectivity index (χ0v) is 12.2. The van der Waals surface area contributed by atoms with Gasteiger partial charge in [-0.2, -0.15) is 0 Å². The van der Waals surface area contributed by atoms with Gasteiger partial charge >= 0.3 is 0 Å². The van der Waals surface area contributed by atoms with E-state index in [1.165, 1.54) is 11.3 Å². The summed E-state index contributed by atoms with van der Waals surface area (Å²) < 4.78 is 1.15. The minimum absolute atomic E-state index is 0.582. The number of rotatable bonds is 3. The van der Waals surface area contributed by atoms with Gasteiger partial charge in [0.25, 0.3) is 0 Å². The topological polar surface area (TPSA) is 38.9 Å². The fourth-order valence-electron chi connectivity index (χ4n) is 1.31. The Hall–Kier alpha value is -0.420. The lowest BCUT2D eigenvalue weighted by Crippen LogP contribution is -1.82. The summed E-state index contributed by atoms with van der Waals surface area (Å²) in [6, 6.07) is 5.67. The van der Waals surface area contributed by atoms with Crippen molar-refractivity contribution in [2.45, 2.75) is 16.9 Å². The quantitative estimate of drug-likeness (QED) is 0.840. The van der Waals surface area contributed by atoms with Crippen molar-refractivity contribution in [1.82, 2.24) is 4.98 Å². The van der Waals surface area contributed by atoms with E-state index in [-0.39, 0.29) is 0 Å². The number of thioether (sulfide) groups is 1. The third-order valence-electron chi connectivity index (χ3n) is 2.12. The summed E-state index contributed by atoms with van der Waals surface area (Å²) in [6.07, 6.45) is 0. The maximum atomic E-state index is 5.96. The molecule has 1 aromatic heterocycles. The molecule has 0 atom stereocenters. The molecule has 2 N–H and O–H groups in total. The first kappa shape index (κ1) is 13.0. The van der Waals surface area contributed by atoms with Crippen molar-refractivity contribution in [3.63, 3.8) is 0 Å². The first-order valence-electron chi connectivity index (χ1n) is 4.86. The molecule has 0 spiro atoms. The average Bonchev–Trinajstić information content (AvgIpc) is 2.59. The fourth-order valence-corrected chi connectivity index (χ4v) is 3.60. The molecule has 1 aromatic carbocycles. The Morgan fingerprint density at radius 2 is 2.12 bits per heavy atom. The van der Waals surface area contributed by atoms with E-state index in [0.717, 1.165) is 21.2 Å². The predicted octanol–water partition coefficient (Wildman–Crippen LogP) is 4.63. The molecule has 0 aliphatic rings. The van der Waals surface area contributed by atoms with Crippen LogP contribution < -0.4 is 5.73 Å². The maximum Gasteiger partial charge on any atom is 0.181 e. The van der Waals surface area contributed by atoms with E-state index < -0.39 is 0 Å². The lowest BCUT2D eigenvalue weighted by Gasteiger charge is -2.02. The molecule has 0 saturated heterocycles. The Labute approximate surface area is 118 Å². The van der Waals surface area contributed by atoms with Gasteiger partial charge in [-0.05, 0) is 24.6 Å². The Morgan fingerprint density at radius 1 is 1.35 bits per heavy atom. The van der Waals surface area contributed by atoms with Crippen LogP contribution in [0.5, 0.6) is 0 Å². The number of anilines is 1. The molecule has 2 rings (SSSR count). The SMILES string of the molecule is Cc1nc(N)sc1SCc1ccc(Cl)c(Cl)c1. The second-order valence-electron chi connectivity index (χ2n) is 3.46. The van der Waals surface area contributed by atoms with E-state index in [0.29, 0.717) is 15.2 Å². The molecule has 0 saturated carbocycles. The highest BCUT2D eigenvalue weighted by Crippen LogP contribution is 2.33. The molecule has 0 radical (unpaired) electrons. The third-order valence-corrected chi connectivity index (χ3v) is 5.28. The molecular weight excluding hydrogens is 295 g/mol. The summed E-state index contributed by atoms with van der Waals surface area (Å²) in [6.45, 7) is 1.96. The summed E-state index contributed by atoms with van der Waals surface area (Å²) >= 11 is 15.0. The number of hydrogen-bond acceptors (Lipinski definition) is 4. The Bertz CT molecular complexity index is 540. The monoisotopic (exact) mass is 304 g/mol. The number of hydrogen-bond donors (Lipinski definition) is 1. The number of halogens is 2. The maximum absolute atomic E-state index is 5.96. The van der Waals surface area contributed by atoms with Crippen LogP contribution in [0.15, 0.2) is 22.4 Å². The minimum atomic E-state index is 0.582. The number of aryl methyl sites for hydroxylation is 1. The number of aromatic nitrogens is 1. The van der Waals surface area contributed by atoms with Crippen LogP contribution in [0.1, 0.15) is 11.3 Å². The van der Waals surface area contributed by atoms with Crippen molar-refractivity contribution in [2.24, 2.45) is 0 Å². The average molecular weight is 305 g/mol. The summed E-state index contributed by atoms with van der Waals surface area (Å²) in [5, 5.41) is 1.78. The van der Waals surface area contributed by atoms with Crippen molar-refractivity contribution in [3.05, 3.63) is 39.5 Å². The number of benzene rings is 1. The molecule has 90 valence electrons. The largest absolute Gasteiger partial charge is 0.375 e. The van der Waals surface area contributed by atoms with E-state index in [1.807, 2.05) is 25.1 Å². The van der Waals surface area contributed by atoms with Crippen LogP contribution in [0.2, 0.25) is 10.0 Å². The Kier molecular flexibility index (Phi) is 4.20. The fraction of sp³-hybridized carbons (Fsp3) is 0.182. The summed E-state index contributed by atoms with van der Waals surface area (Å²) in [5.74, 6) is 0.833. The van der Waals surface area contributed by atoms with Crippen molar-refractivity contribution in [1.29, 1.82) is 0 Å². The number of nitrogens with two attached hydrogens (primary N) is 1. The van der Waals surface area contributed by atoms with Gasteiger partial charge in [0.15, 0.2) is 5.13 Å². The van der Waals surface area contributed by atoms with Crippen molar-refractivity contribution >= 4 is 51.4 Å². The van der Waals surface area contributed by atoms with E-state index in [4.69, 9.17) is 28.9 Å². The van der Waals surface area contributed by atoms with Gasteiger partial charge in [0, 0.05) is 5.75 Å². The lowest BCUT2D eigenvalue weighted by molar-refractivity contribution is 1.21. The molecule has 2 nitrogen and oxygen atoms in total. The molecule has 0 bridgehead atoms. The smallest absolute Gasteiger partial charge is 0.181 e. The van der Waals surface area contributed by atoms with Crippen LogP contribution in [0.25, 0.3) is 0 Å². The molecule has 0 unspecified atom stereocenters. The Balaban J connectivity index is 2.07. The second-order valence-corrected chi connectivity index (χ2v) is 6.55. The van der Waals surface area contributed by atoms with E-state index in [1.54, 1.807) is 11.8 Å². The van der Waals surface area contributed by atoms with Crippen molar-refractivity contribution in [2.75, 3.05) is 5.73 Å². The molecule has 0 fully saturated rings. The van der Waals surface area contributed by atoms with Crippen LogP contribution in [-0.4, -0.2) is 4.98 Å². The van der Waals surface area contributed by atoms with Crippen molar-refractivity contribution < 1.29 is 0 Å². The minimum Gasteiger partial charge on any atom is -0.375 e. The van der Waals surface area contributed by atoms with Crippen molar-refractivity contribution in [3.8, 4) is 0 Å². The lowest BCUT2D eigenvalue weighted by atomic mass is 10.2. The molecule has 0 aliphatic carbocycles. The summed E-state index contributed by atoms with van der Waals surface area (Å²) in [4.78, 5) is 4.18. The van der Waals surface area contributed by atoms with Gasteiger partial charge in [0.1, 0.15) is 0 Å².